The molecule has 2 aromatic heterocycles. The number of fused-ring (bicyclic) bond motifs is 1. The van der Waals surface area contributed by atoms with E-state index in [0.717, 1.165) is 44.8 Å². The first-order valence-corrected chi connectivity index (χ1v) is 12.1. The third-order valence-corrected chi connectivity index (χ3v) is 6.40. The molecule has 5 rings (SSSR count). The van der Waals surface area contributed by atoms with Crippen LogP contribution >= 0.6 is 0 Å². The lowest BCUT2D eigenvalue weighted by Crippen LogP contribution is -2.18. The smallest absolute Gasteiger partial charge is 0.337 e. The first-order valence-electron chi connectivity index (χ1n) is 12.1. The second kappa shape index (κ2) is 10.5. The zero-order valence-corrected chi connectivity index (χ0v) is 21.3. The number of methoxy groups -OCH3 is 1. The number of rotatable bonds is 6. The Balaban J connectivity index is 1.42. The Hall–Kier alpha value is -5.04. The summed E-state index contributed by atoms with van der Waals surface area (Å²) in [5, 5.41) is 5.02. The maximum atomic E-state index is 13.2. The van der Waals surface area contributed by atoms with E-state index >= 15 is 0 Å². The molecule has 0 atom stereocenters. The van der Waals surface area contributed by atoms with Crippen LogP contribution in [0, 0.1) is 13.8 Å². The van der Waals surface area contributed by atoms with E-state index in [-0.39, 0.29) is 5.91 Å². The van der Waals surface area contributed by atoms with E-state index in [9.17, 15) is 9.59 Å². The lowest BCUT2D eigenvalue weighted by Gasteiger charge is -2.11. The number of hydrogen-bond acceptors (Lipinski definition) is 5. The van der Waals surface area contributed by atoms with Gasteiger partial charge < -0.3 is 9.30 Å². The second-order valence-corrected chi connectivity index (χ2v) is 8.84. The highest BCUT2D eigenvalue weighted by molar-refractivity contribution is 6.07. The summed E-state index contributed by atoms with van der Waals surface area (Å²) in [6.07, 6.45) is 1.63. The van der Waals surface area contributed by atoms with Crippen molar-refractivity contribution in [3.05, 3.63) is 119 Å². The number of benzene rings is 3. The van der Waals surface area contributed by atoms with Gasteiger partial charge in [-0.1, -0.05) is 54.6 Å². The van der Waals surface area contributed by atoms with Crippen molar-refractivity contribution in [2.24, 2.45) is 5.10 Å². The molecule has 0 fully saturated rings. The van der Waals surface area contributed by atoms with E-state index < -0.39 is 5.97 Å². The van der Waals surface area contributed by atoms with Crippen LogP contribution in [0.15, 0.2) is 96.1 Å². The maximum absolute atomic E-state index is 13.2. The number of para-hydroxylation sites is 1. The highest BCUT2D eigenvalue weighted by Crippen LogP contribution is 2.25. The van der Waals surface area contributed by atoms with Crippen molar-refractivity contribution in [3.8, 4) is 16.9 Å². The van der Waals surface area contributed by atoms with E-state index in [1.165, 1.54) is 7.11 Å². The number of nitrogens with zero attached hydrogens (tertiary/aromatic N) is 3. The average molecular weight is 503 g/mol. The van der Waals surface area contributed by atoms with Gasteiger partial charge in [-0.2, -0.15) is 5.10 Å². The van der Waals surface area contributed by atoms with Gasteiger partial charge in [0.2, 0.25) is 0 Å². The van der Waals surface area contributed by atoms with Gasteiger partial charge in [0.1, 0.15) is 0 Å². The van der Waals surface area contributed by atoms with Gasteiger partial charge in [0.05, 0.1) is 35.7 Å². The molecule has 0 unspecified atom stereocenters. The van der Waals surface area contributed by atoms with E-state index in [1.54, 1.807) is 24.4 Å². The van der Waals surface area contributed by atoms with Crippen molar-refractivity contribution < 1.29 is 14.3 Å². The number of ether oxygens (including phenoxy) is 1. The van der Waals surface area contributed by atoms with Crippen LogP contribution < -0.4 is 5.43 Å². The molecule has 0 aliphatic rings. The summed E-state index contributed by atoms with van der Waals surface area (Å²) in [7, 11) is 1.36. The fourth-order valence-electron chi connectivity index (χ4n) is 4.55. The van der Waals surface area contributed by atoms with Crippen molar-refractivity contribution >= 4 is 29.0 Å². The first-order chi connectivity index (χ1) is 18.5. The lowest BCUT2D eigenvalue weighted by atomic mass is 10.0. The molecule has 1 N–H and O–H groups in total. The van der Waals surface area contributed by atoms with Crippen molar-refractivity contribution in [1.82, 2.24) is 15.0 Å². The van der Waals surface area contributed by atoms with Crippen LogP contribution in [0.5, 0.6) is 0 Å². The van der Waals surface area contributed by atoms with Crippen LogP contribution in [0.25, 0.3) is 27.8 Å². The molecule has 188 valence electrons. The monoisotopic (exact) mass is 502 g/mol. The van der Waals surface area contributed by atoms with E-state index in [4.69, 9.17) is 9.72 Å². The molecule has 0 aliphatic heterocycles. The zero-order valence-electron chi connectivity index (χ0n) is 21.3. The molecule has 0 bridgehead atoms. The molecule has 7 nitrogen and oxygen atoms in total. The SMILES string of the molecule is COC(=O)c1cccc(-n2c(C)cc(/C=N/NC(=O)c3cc(-c4ccccc4)nc4ccccc34)c2C)c1. The Labute approximate surface area is 220 Å². The maximum Gasteiger partial charge on any atom is 0.337 e. The third kappa shape index (κ3) is 4.82. The standard InChI is InChI=1S/C31H26N4O3/c1-20-16-24(21(2)35(20)25-13-9-12-23(17-25)31(37)38-3)19-32-34-30(36)27-18-29(22-10-5-4-6-11-22)33-28-15-8-7-14-26(27)28/h4-19H,1-3H3,(H,34,36)/b32-19+. The Morgan fingerprint density at radius 3 is 2.47 bits per heavy atom. The van der Waals surface area contributed by atoms with Gasteiger partial charge in [-0.15, -0.1) is 0 Å². The second-order valence-electron chi connectivity index (χ2n) is 8.84. The van der Waals surface area contributed by atoms with Crippen molar-refractivity contribution in [3.63, 3.8) is 0 Å². The predicted octanol–water partition coefficient (Wildman–Crippen LogP) is 5.86. The fraction of sp³-hybridized carbons (Fsp3) is 0.0968. The summed E-state index contributed by atoms with van der Waals surface area (Å²) in [4.78, 5) is 30.0. The van der Waals surface area contributed by atoms with Crippen LogP contribution in [0.3, 0.4) is 0 Å². The summed E-state index contributed by atoms with van der Waals surface area (Å²) >= 11 is 0. The van der Waals surface area contributed by atoms with Gasteiger partial charge in [-0.25, -0.2) is 15.2 Å². The van der Waals surface area contributed by atoms with Gasteiger partial charge in [0.15, 0.2) is 0 Å². The fourth-order valence-corrected chi connectivity index (χ4v) is 4.55. The quantitative estimate of drug-likeness (QED) is 0.179. The van der Waals surface area contributed by atoms with Gasteiger partial charge >= 0.3 is 5.97 Å². The van der Waals surface area contributed by atoms with Gasteiger partial charge in [-0.3, -0.25) is 4.79 Å². The number of carbonyl (C=O) groups is 2. The summed E-state index contributed by atoms with van der Waals surface area (Å²) in [6.45, 7) is 3.94. The average Bonchev–Trinajstić information content (AvgIpc) is 3.24. The number of hydrogen-bond donors (Lipinski definition) is 1. The highest BCUT2D eigenvalue weighted by atomic mass is 16.5. The Bertz CT molecular complexity index is 1690. The minimum absolute atomic E-state index is 0.323. The van der Waals surface area contributed by atoms with Gasteiger partial charge in [0.25, 0.3) is 5.91 Å². The Kier molecular flexibility index (Phi) is 6.82. The molecule has 5 aromatic rings. The van der Waals surface area contributed by atoms with Crippen LogP contribution in [0.4, 0.5) is 0 Å². The molecule has 0 aliphatic carbocycles. The zero-order chi connectivity index (χ0) is 26.6. The van der Waals surface area contributed by atoms with Crippen molar-refractivity contribution in [2.45, 2.75) is 13.8 Å². The summed E-state index contributed by atoms with van der Waals surface area (Å²) in [6, 6.07) is 28.3. The van der Waals surface area contributed by atoms with Crippen LogP contribution in [0.2, 0.25) is 0 Å². The number of aryl methyl sites for hydroxylation is 1. The van der Waals surface area contributed by atoms with Crippen LogP contribution in [-0.2, 0) is 4.74 Å². The number of hydrazone groups is 1. The molecule has 1 amide bonds. The van der Waals surface area contributed by atoms with Crippen molar-refractivity contribution in [2.75, 3.05) is 7.11 Å². The number of amides is 1. The molecule has 0 saturated heterocycles. The minimum Gasteiger partial charge on any atom is -0.465 e. The number of esters is 1. The Morgan fingerprint density at radius 2 is 1.68 bits per heavy atom. The molecule has 0 spiro atoms. The molecule has 3 aromatic carbocycles. The van der Waals surface area contributed by atoms with Crippen molar-refractivity contribution in [1.29, 1.82) is 0 Å². The summed E-state index contributed by atoms with van der Waals surface area (Å²) < 4.78 is 6.88. The van der Waals surface area contributed by atoms with E-state index in [0.29, 0.717) is 11.1 Å². The largest absolute Gasteiger partial charge is 0.465 e. The number of pyridine rings is 1. The predicted molar refractivity (Wildman–Crippen MR) is 149 cm³/mol. The summed E-state index contributed by atoms with van der Waals surface area (Å²) in [5.41, 5.74) is 9.59. The minimum atomic E-state index is -0.391. The number of nitrogens with one attached hydrogen (secondary N) is 1. The number of carbonyl (C=O) groups excluding carboxylic acids is 2. The molecule has 38 heavy (non-hydrogen) atoms. The normalized spacial score (nSPS) is 11.1. The molecule has 0 saturated carbocycles. The Morgan fingerprint density at radius 1 is 0.921 bits per heavy atom. The third-order valence-electron chi connectivity index (χ3n) is 6.40. The van der Waals surface area contributed by atoms with Crippen LogP contribution in [0.1, 0.15) is 37.7 Å². The molecular weight excluding hydrogens is 476 g/mol. The topological polar surface area (TPSA) is 85.6 Å². The van der Waals surface area contributed by atoms with Gasteiger partial charge in [0, 0.05) is 33.6 Å². The first kappa shape index (κ1) is 24.6. The lowest BCUT2D eigenvalue weighted by molar-refractivity contribution is 0.0600. The van der Waals surface area contributed by atoms with Crippen LogP contribution in [-0.4, -0.2) is 34.8 Å². The molecule has 0 radical (unpaired) electrons. The molecule has 7 heteroatoms. The highest BCUT2D eigenvalue weighted by Gasteiger charge is 2.15. The molecular formula is C31H26N4O3. The number of aromatic nitrogens is 2. The van der Waals surface area contributed by atoms with E-state index in [1.807, 2.05) is 91.2 Å². The molecule has 2 heterocycles. The summed E-state index contributed by atoms with van der Waals surface area (Å²) in [5.74, 6) is -0.713. The van der Waals surface area contributed by atoms with E-state index in [2.05, 4.69) is 10.5 Å². The van der Waals surface area contributed by atoms with Gasteiger partial charge in [-0.05, 0) is 50.2 Å².